The minimum atomic E-state index is -0.292. The van der Waals surface area contributed by atoms with Crippen molar-refractivity contribution in [2.75, 3.05) is 0 Å². The third-order valence-electron chi connectivity index (χ3n) is 2.20. The van der Waals surface area contributed by atoms with Crippen LogP contribution in [0.5, 0.6) is 0 Å². The van der Waals surface area contributed by atoms with E-state index in [4.69, 9.17) is 0 Å². The molecule has 1 fully saturated rings. The first-order chi connectivity index (χ1) is 7.24. The highest BCUT2D eigenvalue weighted by Crippen LogP contribution is 2.18. The second-order valence-corrected chi connectivity index (χ2v) is 3.67. The minimum absolute atomic E-state index is 0.109. The number of nitrogens with one attached hydrogen (secondary N) is 1. The lowest BCUT2D eigenvalue weighted by atomic mass is 10.2. The molecule has 0 radical (unpaired) electrons. The van der Waals surface area contributed by atoms with Crippen LogP contribution in [0.4, 0.5) is 4.39 Å². The lowest BCUT2D eigenvalue weighted by molar-refractivity contribution is -0.116. The van der Waals surface area contributed by atoms with Crippen molar-refractivity contribution in [3.05, 3.63) is 41.7 Å². The second-order valence-electron chi connectivity index (χ2n) is 3.67. The van der Waals surface area contributed by atoms with E-state index in [0.717, 1.165) is 12.8 Å². The summed E-state index contributed by atoms with van der Waals surface area (Å²) < 4.78 is 12.8. The van der Waals surface area contributed by atoms with Gasteiger partial charge in [0.25, 0.3) is 0 Å². The van der Waals surface area contributed by atoms with E-state index in [9.17, 15) is 9.18 Å². The molecule has 0 unspecified atom stereocenters. The predicted octanol–water partition coefficient (Wildman–Crippen LogP) is 2.12. The van der Waals surface area contributed by atoms with Gasteiger partial charge in [0.05, 0.1) is 0 Å². The summed E-state index contributed by atoms with van der Waals surface area (Å²) in [6.07, 6.45) is 5.19. The van der Waals surface area contributed by atoms with Crippen LogP contribution in [0.2, 0.25) is 0 Å². The Balaban J connectivity index is 1.94. The van der Waals surface area contributed by atoms with Gasteiger partial charge in [-0.05, 0) is 36.6 Å². The lowest BCUT2D eigenvalue weighted by Gasteiger charge is -1.97. The van der Waals surface area contributed by atoms with E-state index in [-0.39, 0.29) is 11.7 Å². The summed E-state index contributed by atoms with van der Waals surface area (Å²) in [6, 6.07) is 6.50. The van der Waals surface area contributed by atoms with E-state index in [1.807, 2.05) is 0 Å². The van der Waals surface area contributed by atoms with E-state index in [1.54, 1.807) is 18.2 Å². The molecule has 15 heavy (non-hydrogen) atoms. The molecular weight excluding hydrogens is 193 g/mol. The standard InChI is InChI=1S/C12H12FNO/c13-10-3-1-2-9(8-10)4-7-12(15)14-11-5-6-11/h1-4,7-8,11H,5-6H2,(H,14,15)/b7-4+. The van der Waals surface area contributed by atoms with Crippen LogP contribution in [0.25, 0.3) is 6.08 Å². The van der Waals surface area contributed by atoms with Crippen LogP contribution in [0.15, 0.2) is 30.3 Å². The highest BCUT2D eigenvalue weighted by molar-refractivity contribution is 5.92. The van der Waals surface area contributed by atoms with E-state index in [1.165, 1.54) is 18.2 Å². The molecule has 0 saturated heterocycles. The fraction of sp³-hybridized carbons (Fsp3) is 0.250. The molecule has 2 nitrogen and oxygen atoms in total. The van der Waals surface area contributed by atoms with Gasteiger partial charge >= 0.3 is 0 Å². The summed E-state index contributed by atoms with van der Waals surface area (Å²) in [4.78, 5) is 11.3. The summed E-state index contributed by atoms with van der Waals surface area (Å²) in [6.45, 7) is 0. The lowest BCUT2D eigenvalue weighted by Crippen LogP contribution is -2.22. The van der Waals surface area contributed by atoms with Crippen molar-refractivity contribution in [3.8, 4) is 0 Å². The van der Waals surface area contributed by atoms with Gasteiger partial charge in [-0.15, -0.1) is 0 Å². The Labute approximate surface area is 87.8 Å². The first-order valence-corrected chi connectivity index (χ1v) is 4.98. The fourth-order valence-corrected chi connectivity index (χ4v) is 1.26. The van der Waals surface area contributed by atoms with Gasteiger partial charge in [0, 0.05) is 12.1 Å². The zero-order chi connectivity index (χ0) is 10.7. The number of hydrogen-bond donors (Lipinski definition) is 1. The van der Waals surface area contributed by atoms with Gasteiger partial charge < -0.3 is 5.32 Å². The van der Waals surface area contributed by atoms with Crippen LogP contribution in [-0.2, 0) is 4.79 Å². The molecule has 0 heterocycles. The van der Waals surface area contributed by atoms with Crippen molar-refractivity contribution in [2.24, 2.45) is 0 Å². The van der Waals surface area contributed by atoms with E-state index in [2.05, 4.69) is 5.32 Å². The van der Waals surface area contributed by atoms with Crippen LogP contribution < -0.4 is 5.32 Å². The Morgan fingerprint density at radius 1 is 1.47 bits per heavy atom. The van der Waals surface area contributed by atoms with Gasteiger partial charge in [0.2, 0.25) is 5.91 Å². The maximum atomic E-state index is 12.8. The topological polar surface area (TPSA) is 29.1 Å². The molecule has 0 spiro atoms. The molecule has 1 aliphatic rings. The van der Waals surface area contributed by atoms with Crippen molar-refractivity contribution in [2.45, 2.75) is 18.9 Å². The molecule has 0 bridgehead atoms. The summed E-state index contributed by atoms with van der Waals surface area (Å²) in [5.74, 6) is -0.401. The van der Waals surface area contributed by atoms with Gasteiger partial charge in [0.15, 0.2) is 0 Å². The fourth-order valence-electron chi connectivity index (χ4n) is 1.26. The second kappa shape index (κ2) is 4.26. The van der Waals surface area contributed by atoms with E-state index in [0.29, 0.717) is 11.6 Å². The predicted molar refractivity (Wildman–Crippen MR) is 56.6 cm³/mol. The van der Waals surface area contributed by atoms with Crippen molar-refractivity contribution < 1.29 is 9.18 Å². The van der Waals surface area contributed by atoms with Crippen LogP contribution in [0, 0.1) is 5.82 Å². The molecule has 0 aliphatic heterocycles. The monoisotopic (exact) mass is 205 g/mol. The number of benzene rings is 1. The third kappa shape index (κ3) is 3.20. The molecular formula is C12H12FNO. The number of amides is 1. The largest absolute Gasteiger partial charge is 0.350 e. The third-order valence-corrected chi connectivity index (χ3v) is 2.20. The molecule has 1 aliphatic carbocycles. The molecule has 78 valence electrons. The summed E-state index contributed by atoms with van der Waals surface area (Å²) in [7, 11) is 0. The van der Waals surface area contributed by atoms with Crippen molar-refractivity contribution in [1.82, 2.24) is 5.32 Å². The van der Waals surface area contributed by atoms with Crippen molar-refractivity contribution in [1.29, 1.82) is 0 Å². The molecule has 1 aromatic carbocycles. The Kier molecular flexibility index (Phi) is 2.81. The van der Waals surface area contributed by atoms with Gasteiger partial charge in [-0.2, -0.15) is 0 Å². The summed E-state index contributed by atoms with van der Waals surface area (Å²) in [5.41, 5.74) is 0.695. The van der Waals surface area contributed by atoms with Gasteiger partial charge in [0.1, 0.15) is 5.82 Å². The molecule has 2 rings (SSSR count). The number of halogens is 1. The van der Waals surface area contributed by atoms with Crippen molar-refractivity contribution in [3.63, 3.8) is 0 Å². The number of carbonyl (C=O) groups excluding carboxylic acids is 1. The molecule has 1 saturated carbocycles. The van der Waals surface area contributed by atoms with Gasteiger partial charge in [-0.1, -0.05) is 12.1 Å². The molecule has 1 amide bonds. The van der Waals surface area contributed by atoms with Gasteiger partial charge in [-0.3, -0.25) is 4.79 Å². The van der Waals surface area contributed by atoms with E-state index < -0.39 is 0 Å². The zero-order valence-electron chi connectivity index (χ0n) is 8.24. The highest BCUT2D eigenvalue weighted by Gasteiger charge is 2.21. The normalized spacial score (nSPS) is 15.5. The van der Waals surface area contributed by atoms with Crippen LogP contribution >= 0.6 is 0 Å². The molecule has 1 N–H and O–H groups in total. The molecule has 0 atom stereocenters. The molecule has 1 aromatic rings. The highest BCUT2D eigenvalue weighted by atomic mass is 19.1. The van der Waals surface area contributed by atoms with Crippen LogP contribution in [0.1, 0.15) is 18.4 Å². The SMILES string of the molecule is O=C(/C=C/c1cccc(F)c1)NC1CC1. The number of rotatable bonds is 3. The first kappa shape index (κ1) is 9.90. The number of carbonyl (C=O) groups is 1. The van der Waals surface area contributed by atoms with Crippen LogP contribution in [-0.4, -0.2) is 11.9 Å². The summed E-state index contributed by atoms with van der Waals surface area (Å²) in [5, 5.41) is 2.82. The smallest absolute Gasteiger partial charge is 0.244 e. The maximum Gasteiger partial charge on any atom is 0.244 e. The first-order valence-electron chi connectivity index (χ1n) is 4.98. The maximum absolute atomic E-state index is 12.8. The Morgan fingerprint density at radius 2 is 2.27 bits per heavy atom. The Morgan fingerprint density at radius 3 is 2.93 bits per heavy atom. The van der Waals surface area contributed by atoms with E-state index >= 15 is 0 Å². The van der Waals surface area contributed by atoms with Crippen molar-refractivity contribution >= 4 is 12.0 Å². The average molecular weight is 205 g/mol. The minimum Gasteiger partial charge on any atom is -0.350 e. The molecule has 0 aromatic heterocycles. The van der Waals surface area contributed by atoms with Gasteiger partial charge in [-0.25, -0.2) is 4.39 Å². The quantitative estimate of drug-likeness (QED) is 0.752. The molecule has 3 heteroatoms. The Hall–Kier alpha value is -1.64. The zero-order valence-corrected chi connectivity index (χ0v) is 8.24. The summed E-state index contributed by atoms with van der Waals surface area (Å²) >= 11 is 0. The van der Waals surface area contributed by atoms with Crippen LogP contribution in [0.3, 0.4) is 0 Å². The average Bonchev–Trinajstić information content (AvgIpc) is 2.99. The number of hydrogen-bond acceptors (Lipinski definition) is 1. The Bertz CT molecular complexity index is 396.